The number of fused-ring (bicyclic) bond motifs is 5. The molecule has 8 atom stereocenters. The number of rotatable bonds is 3. The van der Waals surface area contributed by atoms with Crippen molar-refractivity contribution in [1.29, 1.82) is 0 Å². The largest absolute Gasteiger partial charge is 0.393 e. The Hall–Kier alpha value is -1.23. The third-order valence-corrected chi connectivity index (χ3v) is 9.79. The van der Waals surface area contributed by atoms with Gasteiger partial charge in [0.2, 0.25) is 0 Å². The molecule has 154 valence electrons. The van der Waals surface area contributed by atoms with Crippen molar-refractivity contribution in [2.45, 2.75) is 84.3 Å². The molecule has 0 aliphatic heterocycles. The summed E-state index contributed by atoms with van der Waals surface area (Å²) >= 11 is 0. The molecule has 1 aromatic heterocycles. The lowest BCUT2D eigenvalue weighted by Gasteiger charge is -2.60. The highest BCUT2D eigenvalue weighted by atomic mass is 16.3. The van der Waals surface area contributed by atoms with E-state index in [-0.39, 0.29) is 17.4 Å². The Kier molecular flexibility index (Phi) is 4.46. The average molecular weight is 386 g/mol. The molecule has 4 fully saturated rings. The molecule has 0 aromatic carbocycles. The first-order chi connectivity index (χ1) is 13.4. The zero-order valence-corrected chi connectivity index (χ0v) is 17.4. The molecule has 5 rings (SSSR count). The van der Waals surface area contributed by atoms with Crippen LogP contribution in [-0.4, -0.2) is 32.0 Å². The number of aliphatic hydroxyl groups excluding tert-OH is 1. The van der Waals surface area contributed by atoms with Gasteiger partial charge in [0.25, 0.3) is 0 Å². The molecule has 1 N–H and O–H groups in total. The minimum Gasteiger partial charge on any atom is -0.393 e. The molecular weight excluding hydrogens is 350 g/mol. The van der Waals surface area contributed by atoms with Gasteiger partial charge in [-0.3, -0.25) is 4.79 Å². The Labute approximate surface area is 168 Å². The predicted octanol–water partition coefficient (Wildman–Crippen LogP) is 3.87. The topological polar surface area (TPSA) is 68.0 Å². The van der Waals surface area contributed by atoms with Crippen LogP contribution in [0.5, 0.6) is 0 Å². The number of hydrogen-bond donors (Lipinski definition) is 1. The van der Waals surface area contributed by atoms with Crippen LogP contribution in [0, 0.1) is 40.4 Å². The molecule has 0 spiro atoms. The number of aliphatic hydroxyl groups is 1. The van der Waals surface area contributed by atoms with Gasteiger partial charge in [0.1, 0.15) is 6.54 Å². The van der Waals surface area contributed by atoms with E-state index in [1.54, 1.807) is 17.2 Å². The number of carbonyl (C=O) groups is 1. The molecule has 5 nitrogen and oxygen atoms in total. The fraction of sp³-hybridized carbons (Fsp3) is 0.870. The van der Waals surface area contributed by atoms with Crippen LogP contribution in [0.4, 0.5) is 0 Å². The van der Waals surface area contributed by atoms with Crippen molar-refractivity contribution < 1.29 is 9.90 Å². The zero-order valence-electron chi connectivity index (χ0n) is 17.4. The summed E-state index contributed by atoms with van der Waals surface area (Å²) in [6.45, 7) is 5.27. The predicted molar refractivity (Wildman–Crippen MR) is 106 cm³/mol. The second kappa shape index (κ2) is 6.65. The highest BCUT2D eigenvalue weighted by Crippen LogP contribution is 2.67. The summed E-state index contributed by atoms with van der Waals surface area (Å²) in [6, 6.07) is 0. The second-order valence-corrected chi connectivity index (χ2v) is 10.8. The minimum absolute atomic E-state index is 0.0760. The van der Waals surface area contributed by atoms with E-state index in [4.69, 9.17) is 0 Å². The van der Waals surface area contributed by atoms with Crippen molar-refractivity contribution in [3.05, 3.63) is 12.4 Å². The van der Waals surface area contributed by atoms with Crippen LogP contribution in [0.25, 0.3) is 0 Å². The first kappa shape index (κ1) is 18.8. The van der Waals surface area contributed by atoms with E-state index in [2.05, 4.69) is 24.0 Å². The second-order valence-electron chi connectivity index (χ2n) is 10.8. The Morgan fingerprint density at radius 2 is 1.71 bits per heavy atom. The maximum absolute atomic E-state index is 13.1. The van der Waals surface area contributed by atoms with E-state index in [0.717, 1.165) is 31.1 Å². The molecule has 28 heavy (non-hydrogen) atoms. The normalized spacial score (nSPS) is 47.8. The molecular formula is C23H35N3O2. The first-order valence-corrected chi connectivity index (χ1v) is 11.5. The Morgan fingerprint density at radius 3 is 2.50 bits per heavy atom. The van der Waals surface area contributed by atoms with E-state index in [9.17, 15) is 9.90 Å². The number of nitrogens with zero attached hydrogens (tertiary/aromatic N) is 3. The minimum atomic E-state index is -0.0760. The summed E-state index contributed by atoms with van der Waals surface area (Å²) in [5, 5.41) is 18.5. The van der Waals surface area contributed by atoms with Gasteiger partial charge in [0, 0.05) is 5.92 Å². The molecule has 0 bridgehead atoms. The van der Waals surface area contributed by atoms with Crippen molar-refractivity contribution in [3.63, 3.8) is 0 Å². The number of carbonyl (C=O) groups excluding carboxylic acids is 1. The molecule has 4 aliphatic carbocycles. The fourth-order valence-electron chi connectivity index (χ4n) is 8.34. The molecule has 0 amide bonds. The van der Waals surface area contributed by atoms with Crippen LogP contribution < -0.4 is 0 Å². The van der Waals surface area contributed by atoms with Crippen molar-refractivity contribution >= 4 is 5.78 Å². The first-order valence-electron chi connectivity index (χ1n) is 11.5. The van der Waals surface area contributed by atoms with Gasteiger partial charge >= 0.3 is 0 Å². The van der Waals surface area contributed by atoms with Crippen LogP contribution in [-0.2, 0) is 11.3 Å². The van der Waals surface area contributed by atoms with Crippen LogP contribution in [0.3, 0.4) is 0 Å². The van der Waals surface area contributed by atoms with Crippen LogP contribution in [0.1, 0.15) is 71.6 Å². The third kappa shape index (κ3) is 2.72. The Balaban J connectivity index is 1.36. The summed E-state index contributed by atoms with van der Waals surface area (Å²) in [4.78, 5) is 14.7. The van der Waals surface area contributed by atoms with Gasteiger partial charge in [-0.2, -0.15) is 15.0 Å². The van der Waals surface area contributed by atoms with Gasteiger partial charge < -0.3 is 5.11 Å². The van der Waals surface area contributed by atoms with Crippen LogP contribution >= 0.6 is 0 Å². The summed E-state index contributed by atoms with van der Waals surface area (Å²) in [5.74, 6) is 3.46. The van der Waals surface area contributed by atoms with E-state index >= 15 is 0 Å². The third-order valence-electron chi connectivity index (χ3n) is 9.79. The molecule has 0 radical (unpaired) electrons. The van der Waals surface area contributed by atoms with Gasteiger partial charge in [0.15, 0.2) is 5.78 Å². The molecule has 1 heterocycles. The van der Waals surface area contributed by atoms with E-state index < -0.39 is 0 Å². The van der Waals surface area contributed by atoms with Crippen molar-refractivity contribution in [2.24, 2.45) is 40.4 Å². The fourth-order valence-corrected chi connectivity index (χ4v) is 8.34. The quantitative estimate of drug-likeness (QED) is 0.858. The number of Topliss-reactive ketones (excluding diaryl/α,β-unsaturated/α-hetero) is 1. The summed E-state index contributed by atoms with van der Waals surface area (Å²) in [6.07, 6.45) is 13.7. The highest BCUT2D eigenvalue weighted by Gasteiger charge is 2.61. The Bertz CT molecular complexity index is 734. The molecule has 2 unspecified atom stereocenters. The maximum Gasteiger partial charge on any atom is 0.159 e. The van der Waals surface area contributed by atoms with Gasteiger partial charge in [-0.05, 0) is 92.3 Å². The standard InChI is InChI=1S/C23H35N3O2/c1-22-9-7-16(27)13-15(22)3-4-17-18-5-6-20(23(18,2)10-8-19(17)22)21(28)14-26-24-11-12-25-26/h11-12,15-20,27H,3-10,13-14H2,1-2H3/t15?,16?,17-,18-,19-,20+,22-,23-/m0/s1. The Morgan fingerprint density at radius 1 is 1.00 bits per heavy atom. The van der Waals surface area contributed by atoms with E-state index in [1.807, 2.05) is 0 Å². The lowest BCUT2D eigenvalue weighted by molar-refractivity contribution is -0.140. The average Bonchev–Trinajstić information content (AvgIpc) is 3.29. The molecule has 4 aliphatic rings. The molecule has 1 aromatic rings. The number of hydrogen-bond acceptors (Lipinski definition) is 4. The van der Waals surface area contributed by atoms with Crippen LogP contribution in [0.2, 0.25) is 0 Å². The SMILES string of the molecule is C[C@]12CC[C@H]3[C@@H](CCC4CC(O)CC[C@@]43C)[C@@H]1CC[C@@H]2C(=O)Cn1nccn1. The summed E-state index contributed by atoms with van der Waals surface area (Å²) in [5.41, 5.74) is 0.563. The number of ketones is 1. The van der Waals surface area contributed by atoms with Crippen molar-refractivity contribution in [1.82, 2.24) is 15.0 Å². The number of aromatic nitrogens is 3. The van der Waals surface area contributed by atoms with Gasteiger partial charge in [-0.15, -0.1) is 0 Å². The van der Waals surface area contributed by atoms with Crippen molar-refractivity contribution in [2.75, 3.05) is 0 Å². The van der Waals surface area contributed by atoms with Crippen molar-refractivity contribution in [3.8, 4) is 0 Å². The van der Waals surface area contributed by atoms with E-state index in [1.165, 1.54) is 38.5 Å². The van der Waals surface area contributed by atoms with Crippen LogP contribution in [0.15, 0.2) is 12.4 Å². The molecule has 5 heteroatoms. The van der Waals surface area contributed by atoms with E-state index in [0.29, 0.717) is 29.6 Å². The summed E-state index contributed by atoms with van der Waals surface area (Å²) in [7, 11) is 0. The van der Waals surface area contributed by atoms with Gasteiger partial charge in [0.05, 0.1) is 18.5 Å². The maximum atomic E-state index is 13.1. The lowest BCUT2D eigenvalue weighted by atomic mass is 9.44. The monoisotopic (exact) mass is 385 g/mol. The molecule has 4 saturated carbocycles. The van der Waals surface area contributed by atoms with Gasteiger partial charge in [-0.25, -0.2) is 0 Å². The zero-order chi connectivity index (χ0) is 19.5. The van der Waals surface area contributed by atoms with Gasteiger partial charge in [-0.1, -0.05) is 13.8 Å². The summed E-state index contributed by atoms with van der Waals surface area (Å²) < 4.78 is 0. The molecule has 0 saturated heterocycles. The lowest BCUT2D eigenvalue weighted by Crippen LogP contribution is -2.54. The smallest absolute Gasteiger partial charge is 0.159 e. The highest BCUT2D eigenvalue weighted by molar-refractivity contribution is 5.81.